The second-order valence-corrected chi connectivity index (χ2v) is 8.95. The smallest absolute Gasteiger partial charge is 0.0625 e. The average molecular weight is 420 g/mol. The zero-order valence-corrected chi connectivity index (χ0v) is 17.9. The van der Waals surface area contributed by atoms with Gasteiger partial charge in [-0.15, -0.1) is 6.54 Å². The first-order chi connectivity index (χ1) is 16.4. The van der Waals surface area contributed by atoms with Gasteiger partial charge in [0.15, 0.2) is 0 Å². The van der Waals surface area contributed by atoms with Crippen molar-refractivity contribution in [3.05, 3.63) is 114 Å². The summed E-state index contributed by atoms with van der Waals surface area (Å²) in [7, 11) is 0. The van der Waals surface area contributed by atoms with E-state index in [0.29, 0.717) is 0 Å². The number of hydrogen-bond donors (Lipinski definition) is 0. The van der Waals surface area contributed by atoms with Crippen molar-refractivity contribution in [2.24, 2.45) is 0 Å². The van der Waals surface area contributed by atoms with Crippen molar-refractivity contribution < 1.29 is 0 Å². The number of aromatic nitrogens is 1. The molecule has 8 rings (SSSR count). The van der Waals surface area contributed by atoms with E-state index in [1.165, 1.54) is 71.6 Å². The van der Waals surface area contributed by atoms with Crippen molar-refractivity contribution in [1.82, 2.24) is 4.57 Å². The van der Waals surface area contributed by atoms with E-state index in [9.17, 15) is 0 Å². The zero-order chi connectivity index (χ0) is 21.5. The standard InChI is InChI=1S/C31H19N2/c1-2-10-21-20(7-1)17-25-23-12-5-8-19-9-6-13-24(29(19)23)30(25)31(21)33-27-14-4-3-11-22(27)26-18-32-16-15-28(26)33/h1-17H,18H2/q-1. The maximum absolute atomic E-state index is 4.58. The predicted molar refractivity (Wildman–Crippen MR) is 139 cm³/mol. The van der Waals surface area contributed by atoms with Crippen LogP contribution in [0, 0.1) is 0 Å². The van der Waals surface area contributed by atoms with Gasteiger partial charge in [-0.05, 0) is 50.5 Å². The number of fused-ring (bicyclic) bond motifs is 7. The van der Waals surface area contributed by atoms with Crippen LogP contribution >= 0.6 is 0 Å². The molecule has 0 amide bonds. The van der Waals surface area contributed by atoms with Crippen LogP contribution in [0.3, 0.4) is 0 Å². The molecule has 2 aliphatic rings. The molecular weight excluding hydrogens is 400 g/mol. The third-order valence-electron chi connectivity index (χ3n) is 7.32. The Hall–Kier alpha value is -4.30. The molecular formula is C31H19N2-. The molecule has 0 saturated carbocycles. The molecule has 0 spiro atoms. The molecule has 5 aromatic carbocycles. The third-order valence-corrected chi connectivity index (χ3v) is 7.32. The topological polar surface area (TPSA) is 19.0 Å². The molecule has 33 heavy (non-hydrogen) atoms. The average Bonchev–Trinajstić information content (AvgIpc) is 3.38. The van der Waals surface area contributed by atoms with Crippen LogP contribution in [-0.4, -0.2) is 4.57 Å². The van der Waals surface area contributed by atoms with Crippen molar-refractivity contribution in [3.8, 4) is 27.9 Å². The van der Waals surface area contributed by atoms with Crippen LogP contribution < -0.4 is 0 Å². The van der Waals surface area contributed by atoms with Gasteiger partial charge >= 0.3 is 0 Å². The van der Waals surface area contributed by atoms with Crippen LogP contribution in [0.4, 0.5) is 0 Å². The summed E-state index contributed by atoms with van der Waals surface area (Å²) in [5.41, 5.74) is 10.4. The molecule has 0 saturated heterocycles. The summed E-state index contributed by atoms with van der Waals surface area (Å²) in [6.45, 7) is 0.724. The molecule has 6 aromatic rings. The lowest BCUT2D eigenvalue weighted by Gasteiger charge is -2.23. The fourth-order valence-electron chi connectivity index (χ4n) is 6.00. The Balaban J connectivity index is 1.64. The van der Waals surface area contributed by atoms with E-state index >= 15 is 0 Å². The summed E-state index contributed by atoms with van der Waals surface area (Å²) in [5.74, 6) is 0. The molecule has 0 atom stereocenters. The van der Waals surface area contributed by atoms with Gasteiger partial charge in [0.05, 0.1) is 11.2 Å². The van der Waals surface area contributed by atoms with Crippen molar-refractivity contribution in [2.45, 2.75) is 6.54 Å². The Morgan fingerprint density at radius 3 is 2.33 bits per heavy atom. The van der Waals surface area contributed by atoms with Gasteiger partial charge in [0.2, 0.25) is 0 Å². The predicted octanol–water partition coefficient (Wildman–Crippen LogP) is 8.44. The number of hydrogen-bond acceptors (Lipinski definition) is 0. The summed E-state index contributed by atoms with van der Waals surface area (Å²) in [6.07, 6.45) is 4.13. The van der Waals surface area contributed by atoms with Gasteiger partial charge in [-0.3, -0.25) is 0 Å². The molecule has 0 radical (unpaired) electrons. The summed E-state index contributed by atoms with van der Waals surface area (Å²) in [5, 5.41) is 11.1. The van der Waals surface area contributed by atoms with E-state index in [2.05, 4.69) is 107 Å². The van der Waals surface area contributed by atoms with E-state index in [1.54, 1.807) is 0 Å². The second-order valence-electron chi connectivity index (χ2n) is 8.95. The van der Waals surface area contributed by atoms with Crippen molar-refractivity contribution >= 4 is 38.5 Å². The summed E-state index contributed by atoms with van der Waals surface area (Å²) in [6, 6.07) is 33.4. The summed E-state index contributed by atoms with van der Waals surface area (Å²) in [4.78, 5) is 0. The highest BCUT2D eigenvalue weighted by molar-refractivity contribution is 6.21. The van der Waals surface area contributed by atoms with E-state index in [1.807, 2.05) is 6.20 Å². The van der Waals surface area contributed by atoms with Gasteiger partial charge in [-0.2, -0.15) is 6.20 Å². The minimum Gasteiger partial charge on any atom is -0.687 e. The number of benzene rings is 5. The largest absolute Gasteiger partial charge is 0.687 e. The molecule has 2 nitrogen and oxygen atoms in total. The van der Waals surface area contributed by atoms with E-state index in [0.717, 1.165) is 6.54 Å². The quantitative estimate of drug-likeness (QED) is 0.254. The van der Waals surface area contributed by atoms with E-state index in [-0.39, 0.29) is 0 Å². The second kappa shape index (κ2) is 6.14. The normalized spacial score (nSPS) is 13.5. The van der Waals surface area contributed by atoms with Crippen LogP contribution in [-0.2, 0) is 6.54 Å². The lowest BCUT2D eigenvalue weighted by molar-refractivity contribution is 1.08. The Morgan fingerprint density at radius 1 is 0.667 bits per heavy atom. The molecule has 0 N–H and O–H groups in total. The SMILES string of the molecule is C1=Cc2c(c3ccccc3n2-c2c3c(cc4ccccc24)-c2cccc4cccc-3c24)C[N-]1. The molecule has 0 bridgehead atoms. The van der Waals surface area contributed by atoms with Crippen molar-refractivity contribution in [1.29, 1.82) is 0 Å². The molecule has 154 valence electrons. The minimum absolute atomic E-state index is 0.724. The maximum Gasteiger partial charge on any atom is 0.0625 e. The summed E-state index contributed by atoms with van der Waals surface area (Å²) < 4.78 is 2.49. The van der Waals surface area contributed by atoms with Crippen LogP contribution in [0.15, 0.2) is 97.2 Å². The first-order valence-electron chi connectivity index (χ1n) is 11.4. The Kier molecular flexibility index (Phi) is 3.22. The first kappa shape index (κ1) is 17.3. The van der Waals surface area contributed by atoms with E-state index in [4.69, 9.17) is 0 Å². The molecule has 0 unspecified atom stereocenters. The monoisotopic (exact) mass is 419 g/mol. The molecule has 1 aromatic heterocycles. The number of rotatable bonds is 1. The summed E-state index contributed by atoms with van der Waals surface area (Å²) >= 11 is 0. The Morgan fingerprint density at radius 2 is 1.42 bits per heavy atom. The zero-order valence-electron chi connectivity index (χ0n) is 17.9. The van der Waals surface area contributed by atoms with E-state index < -0.39 is 0 Å². The van der Waals surface area contributed by atoms with Crippen molar-refractivity contribution in [3.63, 3.8) is 0 Å². The van der Waals surface area contributed by atoms with Gasteiger partial charge in [0, 0.05) is 22.0 Å². The highest BCUT2D eigenvalue weighted by Gasteiger charge is 2.28. The van der Waals surface area contributed by atoms with Crippen molar-refractivity contribution in [2.75, 3.05) is 0 Å². The van der Waals surface area contributed by atoms with Gasteiger partial charge < -0.3 is 9.88 Å². The molecule has 2 heterocycles. The molecule has 1 aliphatic heterocycles. The van der Waals surface area contributed by atoms with Crippen LogP contribution in [0.2, 0.25) is 0 Å². The van der Waals surface area contributed by atoms with Gasteiger partial charge in [0.1, 0.15) is 0 Å². The molecule has 2 heteroatoms. The molecule has 0 fully saturated rings. The van der Waals surface area contributed by atoms with Gasteiger partial charge in [-0.1, -0.05) is 84.9 Å². The third kappa shape index (κ3) is 2.13. The Bertz CT molecular complexity index is 1810. The Labute approximate surface area is 191 Å². The van der Waals surface area contributed by atoms with Crippen LogP contribution in [0.1, 0.15) is 11.3 Å². The maximum atomic E-state index is 4.58. The van der Waals surface area contributed by atoms with Crippen LogP contribution in [0.25, 0.3) is 71.8 Å². The van der Waals surface area contributed by atoms with Gasteiger partial charge in [-0.25, -0.2) is 0 Å². The number of para-hydroxylation sites is 1. The fourth-order valence-corrected chi connectivity index (χ4v) is 6.00. The highest BCUT2D eigenvalue weighted by atomic mass is 15.0. The highest BCUT2D eigenvalue weighted by Crippen LogP contribution is 2.52. The minimum atomic E-state index is 0.724. The van der Waals surface area contributed by atoms with Crippen LogP contribution in [0.5, 0.6) is 0 Å². The first-order valence-corrected chi connectivity index (χ1v) is 11.4. The lowest BCUT2D eigenvalue weighted by atomic mass is 9.95. The lowest BCUT2D eigenvalue weighted by Crippen LogP contribution is -2.03. The fraction of sp³-hybridized carbons (Fsp3) is 0.0323. The number of nitrogens with zero attached hydrogens (tertiary/aromatic N) is 2. The van der Waals surface area contributed by atoms with Gasteiger partial charge in [0.25, 0.3) is 0 Å². The molecule has 1 aliphatic carbocycles.